The minimum atomic E-state index is 0.0490. The third-order valence-electron chi connectivity index (χ3n) is 7.02. The quantitative estimate of drug-likeness (QED) is 0.797. The van der Waals surface area contributed by atoms with Crippen LogP contribution in [0.25, 0.3) is 11.0 Å². The van der Waals surface area contributed by atoms with Crippen LogP contribution in [-0.2, 0) is 9.53 Å². The lowest BCUT2D eigenvalue weighted by molar-refractivity contribution is -0.141. The Morgan fingerprint density at radius 1 is 1.17 bits per heavy atom. The van der Waals surface area contributed by atoms with Gasteiger partial charge in [0, 0.05) is 44.6 Å². The molecule has 0 aliphatic carbocycles. The Labute approximate surface area is 170 Å². The number of benzene rings is 1. The van der Waals surface area contributed by atoms with E-state index in [0.29, 0.717) is 12.0 Å². The fourth-order valence-electron chi connectivity index (χ4n) is 5.21. The standard InChI is InChI=1S/C23H28N2O4/c26-21-7-8-23(16-25(21)14-17-4-3-13-28-17)9-11-24(12-10-23)22(27)19-15-29-20-6-2-1-5-18(19)20/h1-2,5-6,15,17H,3-4,7-14,16H2. The van der Waals surface area contributed by atoms with Crippen molar-refractivity contribution >= 4 is 22.8 Å². The zero-order chi connectivity index (χ0) is 19.8. The molecule has 3 aliphatic heterocycles. The van der Waals surface area contributed by atoms with Crippen LogP contribution in [0.3, 0.4) is 0 Å². The first-order chi connectivity index (χ1) is 14.1. The SMILES string of the molecule is O=C1CCC2(CCN(C(=O)c3coc4ccccc34)CC2)CN1CC1CCCO1. The van der Waals surface area contributed by atoms with E-state index in [1.54, 1.807) is 6.26 Å². The van der Waals surface area contributed by atoms with Gasteiger partial charge in [-0.2, -0.15) is 0 Å². The highest BCUT2D eigenvalue weighted by Crippen LogP contribution is 2.41. The number of likely N-dealkylation sites (tertiary alicyclic amines) is 2. The van der Waals surface area contributed by atoms with E-state index in [1.807, 2.05) is 34.1 Å². The Hall–Kier alpha value is -2.34. The summed E-state index contributed by atoms with van der Waals surface area (Å²) < 4.78 is 11.3. The zero-order valence-corrected chi connectivity index (χ0v) is 16.8. The highest BCUT2D eigenvalue weighted by atomic mass is 16.5. The number of rotatable bonds is 3. The number of nitrogens with zero attached hydrogens (tertiary/aromatic N) is 2. The molecule has 6 nitrogen and oxygen atoms in total. The van der Waals surface area contributed by atoms with E-state index in [9.17, 15) is 9.59 Å². The van der Waals surface area contributed by atoms with Crippen molar-refractivity contribution in [3.63, 3.8) is 0 Å². The summed E-state index contributed by atoms with van der Waals surface area (Å²) >= 11 is 0. The molecule has 6 heteroatoms. The van der Waals surface area contributed by atoms with Crippen molar-refractivity contribution in [1.29, 1.82) is 0 Å². The van der Waals surface area contributed by atoms with Gasteiger partial charge in [0.1, 0.15) is 11.8 Å². The Balaban J connectivity index is 1.24. The largest absolute Gasteiger partial charge is 0.463 e. The van der Waals surface area contributed by atoms with Crippen molar-refractivity contribution in [3.8, 4) is 0 Å². The summed E-state index contributed by atoms with van der Waals surface area (Å²) in [5.41, 5.74) is 1.54. The van der Waals surface area contributed by atoms with E-state index in [4.69, 9.17) is 9.15 Å². The topological polar surface area (TPSA) is 63.0 Å². The maximum Gasteiger partial charge on any atom is 0.257 e. The minimum absolute atomic E-state index is 0.0490. The summed E-state index contributed by atoms with van der Waals surface area (Å²) in [4.78, 5) is 29.5. The van der Waals surface area contributed by atoms with Gasteiger partial charge in [-0.05, 0) is 43.6 Å². The highest BCUT2D eigenvalue weighted by Gasteiger charge is 2.42. The lowest BCUT2D eigenvalue weighted by Crippen LogP contribution is -2.53. The Morgan fingerprint density at radius 2 is 2.00 bits per heavy atom. The van der Waals surface area contributed by atoms with Gasteiger partial charge in [0.15, 0.2) is 0 Å². The molecule has 0 bridgehead atoms. The summed E-state index contributed by atoms with van der Waals surface area (Å²) in [6, 6.07) is 7.67. The third-order valence-corrected chi connectivity index (χ3v) is 7.02. The van der Waals surface area contributed by atoms with E-state index in [-0.39, 0.29) is 23.3 Å². The molecule has 5 rings (SSSR count). The second-order valence-electron chi connectivity index (χ2n) is 8.85. The van der Waals surface area contributed by atoms with E-state index < -0.39 is 0 Å². The Kier molecular flexibility index (Phi) is 4.82. The molecule has 1 spiro atoms. The number of amides is 2. The molecule has 3 fully saturated rings. The summed E-state index contributed by atoms with van der Waals surface area (Å²) in [5.74, 6) is 0.308. The molecule has 1 atom stereocenters. The van der Waals surface area contributed by atoms with Crippen LogP contribution in [0.1, 0.15) is 48.9 Å². The fourth-order valence-corrected chi connectivity index (χ4v) is 5.21. The molecule has 3 saturated heterocycles. The van der Waals surface area contributed by atoms with Gasteiger partial charge < -0.3 is 19.0 Å². The molecule has 4 heterocycles. The van der Waals surface area contributed by atoms with Crippen LogP contribution in [-0.4, -0.2) is 60.5 Å². The number of hydrogen-bond donors (Lipinski definition) is 0. The van der Waals surface area contributed by atoms with E-state index in [0.717, 1.165) is 75.9 Å². The minimum Gasteiger partial charge on any atom is -0.463 e. The van der Waals surface area contributed by atoms with Crippen LogP contribution in [0.5, 0.6) is 0 Å². The maximum absolute atomic E-state index is 13.1. The zero-order valence-electron chi connectivity index (χ0n) is 16.8. The molecule has 3 aliphatic rings. The number of furan rings is 1. The second kappa shape index (κ2) is 7.48. The van der Waals surface area contributed by atoms with E-state index in [2.05, 4.69) is 0 Å². The fraction of sp³-hybridized carbons (Fsp3) is 0.565. The van der Waals surface area contributed by atoms with Gasteiger partial charge in [-0.1, -0.05) is 18.2 Å². The molecule has 0 radical (unpaired) electrons. The number of ether oxygens (including phenoxy) is 1. The van der Waals surface area contributed by atoms with Gasteiger partial charge >= 0.3 is 0 Å². The van der Waals surface area contributed by atoms with Crippen LogP contribution >= 0.6 is 0 Å². The van der Waals surface area contributed by atoms with Crippen molar-refractivity contribution in [1.82, 2.24) is 9.80 Å². The van der Waals surface area contributed by atoms with Crippen molar-refractivity contribution in [2.45, 2.75) is 44.6 Å². The molecule has 2 amide bonds. The summed E-state index contributed by atoms with van der Waals surface area (Å²) in [6.45, 7) is 3.82. The molecule has 1 aromatic heterocycles. The average Bonchev–Trinajstić information content (AvgIpc) is 3.41. The van der Waals surface area contributed by atoms with Crippen LogP contribution < -0.4 is 0 Å². The Morgan fingerprint density at radius 3 is 2.79 bits per heavy atom. The van der Waals surface area contributed by atoms with Gasteiger partial charge in [-0.15, -0.1) is 0 Å². The van der Waals surface area contributed by atoms with Gasteiger partial charge in [0.2, 0.25) is 5.91 Å². The molecule has 0 saturated carbocycles. The summed E-state index contributed by atoms with van der Waals surface area (Å²) in [5, 5.41) is 0.879. The molecule has 154 valence electrons. The predicted octanol–water partition coefficient (Wildman–Crippen LogP) is 3.46. The van der Waals surface area contributed by atoms with E-state index >= 15 is 0 Å². The van der Waals surface area contributed by atoms with Crippen LogP contribution in [0.2, 0.25) is 0 Å². The molecule has 0 N–H and O–H groups in total. The molecule has 2 aromatic rings. The average molecular weight is 396 g/mol. The third kappa shape index (κ3) is 3.54. The monoisotopic (exact) mass is 396 g/mol. The van der Waals surface area contributed by atoms with Crippen LogP contribution in [0.15, 0.2) is 34.9 Å². The number of carbonyl (C=O) groups is 2. The van der Waals surface area contributed by atoms with Gasteiger partial charge in [0.05, 0.1) is 11.7 Å². The number of carbonyl (C=O) groups excluding carboxylic acids is 2. The first kappa shape index (κ1) is 18.7. The maximum atomic E-state index is 13.1. The molecular weight excluding hydrogens is 368 g/mol. The summed E-state index contributed by atoms with van der Waals surface area (Å²) in [6.07, 6.45) is 7.38. The molecular formula is C23H28N2O4. The van der Waals surface area contributed by atoms with E-state index in [1.165, 1.54) is 0 Å². The lowest BCUT2D eigenvalue weighted by Gasteiger charge is -2.47. The first-order valence-corrected chi connectivity index (χ1v) is 10.8. The second-order valence-corrected chi connectivity index (χ2v) is 8.85. The number of hydrogen-bond acceptors (Lipinski definition) is 4. The number of para-hydroxylation sites is 1. The lowest BCUT2D eigenvalue weighted by atomic mass is 9.72. The molecule has 1 aromatic carbocycles. The van der Waals surface area contributed by atoms with Crippen LogP contribution in [0.4, 0.5) is 0 Å². The van der Waals surface area contributed by atoms with Crippen molar-refractivity contribution < 1.29 is 18.7 Å². The number of piperidine rings is 2. The first-order valence-electron chi connectivity index (χ1n) is 10.8. The normalized spacial score (nSPS) is 24.6. The van der Waals surface area contributed by atoms with Crippen molar-refractivity contribution in [2.24, 2.45) is 5.41 Å². The number of fused-ring (bicyclic) bond motifs is 1. The molecule has 1 unspecified atom stereocenters. The summed E-state index contributed by atoms with van der Waals surface area (Å²) in [7, 11) is 0. The smallest absolute Gasteiger partial charge is 0.257 e. The molecule has 29 heavy (non-hydrogen) atoms. The highest BCUT2D eigenvalue weighted by molar-refractivity contribution is 6.05. The predicted molar refractivity (Wildman–Crippen MR) is 109 cm³/mol. The van der Waals surface area contributed by atoms with Crippen LogP contribution in [0, 0.1) is 5.41 Å². The van der Waals surface area contributed by atoms with Gasteiger partial charge in [-0.3, -0.25) is 9.59 Å². The Bertz CT molecular complexity index is 906. The van der Waals surface area contributed by atoms with Crippen molar-refractivity contribution in [3.05, 3.63) is 36.1 Å². The van der Waals surface area contributed by atoms with Gasteiger partial charge in [0.25, 0.3) is 5.91 Å². The van der Waals surface area contributed by atoms with Crippen molar-refractivity contribution in [2.75, 3.05) is 32.8 Å². The van der Waals surface area contributed by atoms with Gasteiger partial charge in [-0.25, -0.2) is 0 Å².